The number of fused-ring (bicyclic) bond motifs is 1. The van der Waals surface area contributed by atoms with Crippen LogP contribution in [0.15, 0.2) is 67.0 Å². The van der Waals surface area contributed by atoms with Crippen LogP contribution in [-0.2, 0) is 17.8 Å². The third kappa shape index (κ3) is 5.75. The van der Waals surface area contributed by atoms with Crippen molar-refractivity contribution in [1.82, 2.24) is 9.78 Å². The van der Waals surface area contributed by atoms with Crippen LogP contribution in [0.4, 0.5) is 5.69 Å². The average molecular weight is 558 g/mol. The molecule has 0 fully saturated rings. The Morgan fingerprint density at radius 3 is 2.70 bits per heavy atom. The molecule has 0 unspecified atom stereocenters. The van der Waals surface area contributed by atoms with Crippen LogP contribution in [0.5, 0.6) is 5.75 Å². The number of benzene rings is 3. The minimum absolute atomic E-state index is 0.0743. The van der Waals surface area contributed by atoms with E-state index in [4.69, 9.17) is 16.3 Å². The first-order valence-corrected chi connectivity index (χ1v) is 13.9. The van der Waals surface area contributed by atoms with Gasteiger partial charge in [0.05, 0.1) is 29.9 Å². The number of carbonyl (C=O) groups is 2. The van der Waals surface area contributed by atoms with Gasteiger partial charge in [0.2, 0.25) is 5.91 Å². The number of aryl methyl sites for hydroxylation is 1. The first kappa shape index (κ1) is 27.5. The monoisotopic (exact) mass is 557 g/mol. The minimum atomic E-state index is -1.06. The Bertz CT molecular complexity index is 1560. The van der Waals surface area contributed by atoms with E-state index in [2.05, 4.69) is 24.2 Å². The zero-order valence-corrected chi connectivity index (χ0v) is 23.4. The highest BCUT2D eigenvalue weighted by Crippen LogP contribution is 2.36. The summed E-state index contributed by atoms with van der Waals surface area (Å²) in [6.07, 6.45) is 6.57. The molecule has 2 heterocycles. The minimum Gasteiger partial charge on any atom is -0.493 e. The lowest BCUT2D eigenvalue weighted by Crippen LogP contribution is -2.35. The van der Waals surface area contributed by atoms with Crippen molar-refractivity contribution in [2.24, 2.45) is 0 Å². The smallest absolute Gasteiger partial charge is 0.337 e. The fourth-order valence-corrected chi connectivity index (χ4v) is 5.47. The summed E-state index contributed by atoms with van der Waals surface area (Å²) in [6, 6.07) is 17.1. The van der Waals surface area contributed by atoms with Crippen molar-refractivity contribution in [3.63, 3.8) is 0 Å². The first-order chi connectivity index (χ1) is 19.3. The van der Waals surface area contributed by atoms with E-state index in [0.29, 0.717) is 38.1 Å². The van der Waals surface area contributed by atoms with Gasteiger partial charge in [0.15, 0.2) is 0 Å². The average Bonchev–Trinajstić information content (AvgIpc) is 3.41. The molecule has 40 heavy (non-hydrogen) atoms. The number of rotatable bonds is 9. The molecule has 1 amide bonds. The molecule has 8 heteroatoms. The predicted molar refractivity (Wildman–Crippen MR) is 156 cm³/mol. The van der Waals surface area contributed by atoms with E-state index in [1.807, 2.05) is 42.3 Å². The van der Waals surface area contributed by atoms with Gasteiger partial charge in [-0.1, -0.05) is 48.0 Å². The Labute approximate surface area is 239 Å². The highest BCUT2D eigenvalue weighted by Gasteiger charge is 2.25. The van der Waals surface area contributed by atoms with Crippen LogP contribution in [0, 0.1) is 13.8 Å². The lowest BCUT2D eigenvalue weighted by molar-refractivity contribution is -0.118. The maximum Gasteiger partial charge on any atom is 0.337 e. The number of anilines is 1. The lowest BCUT2D eigenvalue weighted by atomic mass is 9.93. The number of ether oxygens (including phenoxy) is 1. The predicted octanol–water partition coefficient (Wildman–Crippen LogP) is 6.71. The van der Waals surface area contributed by atoms with E-state index in [1.54, 1.807) is 23.0 Å². The molecule has 4 aromatic rings. The third-order valence-electron chi connectivity index (χ3n) is 7.48. The Kier molecular flexibility index (Phi) is 8.21. The molecule has 7 nitrogen and oxygen atoms in total. The fourth-order valence-electron chi connectivity index (χ4n) is 5.21. The Balaban J connectivity index is 1.27. The Morgan fingerprint density at radius 2 is 1.88 bits per heavy atom. The van der Waals surface area contributed by atoms with E-state index in [0.717, 1.165) is 46.5 Å². The van der Waals surface area contributed by atoms with Gasteiger partial charge < -0.3 is 14.7 Å². The second-order valence-electron chi connectivity index (χ2n) is 10.1. The van der Waals surface area contributed by atoms with Crippen LogP contribution in [0.1, 0.15) is 51.9 Å². The summed E-state index contributed by atoms with van der Waals surface area (Å²) < 4.78 is 7.71. The normalized spacial score (nSPS) is 12.7. The summed E-state index contributed by atoms with van der Waals surface area (Å²) in [5, 5.41) is 14.1. The van der Waals surface area contributed by atoms with Crippen molar-refractivity contribution in [1.29, 1.82) is 0 Å². The standard InChI is InChI=1S/C32H32ClN3O4/c1-21-8-3-14-29(22(21)2)40-17-7-15-30(37)36-16-6-12-26-25(10-5-13-28(26)36)24-18-34-35(20-24)19-23-9-4-11-27(31(23)33)32(38)39/h3-5,8-11,13-14,18,20H,6-7,12,15-17,19H2,1-2H3,(H,38,39). The number of carbonyl (C=O) groups excluding carboxylic acids is 1. The molecule has 3 aromatic carbocycles. The summed E-state index contributed by atoms with van der Waals surface area (Å²) in [4.78, 5) is 26.6. The van der Waals surface area contributed by atoms with Gasteiger partial charge in [0.1, 0.15) is 5.75 Å². The second kappa shape index (κ2) is 12.0. The van der Waals surface area contributed by atoms with Crippen LogP contribution in [0.3, 0.4) is 0 Å². The van der Waals surface area contributed by atoms with Crippen molar-refractivity contribution in [3.8, 4) is 16.9 Å². The molecule has 0 radical (unpaired) electrons. The Hall–Kier alpha value is -4.10. The summed E-state index contributed by atoms with van der Waals surface area (Å²) in [7, 11) is 0. The number of carboxylic acid groups (broad SMARTS) is 1. The van der Waals surface area contributed by atoms with Gasteiger partial charge in [-0.15, -0.1) is 0 Å². The van der Waals surface area contributed by atoms with Gasteiger partial charge in [0.25, 0.3) is 0 Å². The van der Waals surface area contributed by atoms with Crippen molar-refractivity contribution < 1.29 is 19.4 Å². The molecule has 0 bridgehead atoms. The molecular weight excluding hydrogens is 526 g/mol. The zero-order valence-electron chi connectivity index (χ0n) is 22.7. The zero-order chi connectivity index (χ0) is 28.2. The van der Waals surface area contributed by atoms with E-state index in [1.165, 1.54) is 11.6 Å². The molecule has 0 atom stereocenters. The van der Waals surface area contributed by atoms with Crippen LogP contribution < -0.4 is 9.64 Å². The second-order valence-corrected chi connectivity index (χ2v) is 10.5. The van der Waals surface area contributed by atoms with E-state index in [-0.39, 0.29) is 16.5 Å². The number of amides is 1. The molecule has 0 saturated carbocycles. The number of aromatic carboxylic acids is 1. The number of aromatic nitrogens is 2. The van der Waals surface area contributed by atoms with Crippen molar-refractivity contribution in [2.45, 2.75) is 46.1 Å². The van der Waals surface area contributed by atoms with Crippen LogP contribution in [0.25, 0.3) is 11.1 Å². The van der Waals surface area contributed by atoms with Crippen LogP contribution in [0.2, 0.25) is 5.02 Å². The quantitative estimate of drug-likeness (QED) is 0.231. The lowest BCUT2D eigenvalue weighted by Gasteiger charge is -2.31. The first-order valence-electron chi connectivity index (χ1n) is 13.5. The van der Waals surface area contributed by atoms with Crippen molar-refractivity contribution >= 4 is 29.2 Å². The van der Waals surface area contributed by atoms with E-state index < -0.39 is 5.97 Å². The van der Waals surface area contributed by atoms with Gasteiger partial charge in [0, 0.05) is 30.4 Å². The SMILES string of the molecule is Cc1cccc(OCCCC(=O)N2CCCc3c(-c4cnn(Cc5cccc(C(=O)O)c5Cl)c4)cccc32)c1C. The molecular formula is C32H32ClN3O4. The van der Waals surface area contributed by atoms with E-state index >= 15 is 0 Å². The summed E-state index contributed by atoms with van der Waals surface area (Å²) >= 11 is 6.34. The van der Waals surface area contributed by atoms with Gasteiger partial charge in [-0.3, -0.25) is 9.48 Å². The van der Waals surface area contributed by atoms with E-state index in [9.17, 15) is 14.7 Å². The number of carboxylic acids is 1. The maximum atomic E-state index is 13.3. The highest BCUT2D eigenvalue weighted by molar-refractivity contribution is 6.34. The number of nitrogens with zero attached hydrogens (tertiary/aromatic N) is 3. The molecule has 0 aliphatic carbocycles. The van der Waals surface area contributed by atoms with Gasteiger partial charge in [-0.25, -0.2) is 4.79 Å². The molecule has 1 N–H and O–H groups in total. The molecule has 0 saturated heterocycles. The summed E-state index contributed by atoms with van der Waals surface area (Å²) in [6.45, 7) is 5.66. The molecule has 1 aliphatic rings. The molecule has 0 spiro atoms. The highest BCUT2D eigenvalue weighted by atomic mass is 35.5. The topological polar surface area (TPSA) is 84.7 Å². The van der Waals surface area contributed by atoms with Gasteiger partial charge >= 0.3 is 5.97 Å². The van der Waals surface area contributed by atoms with Crippen molar-refractivity contribution in [2.75, 3.05) is 18.1 Å². The molecule has 206 valence electrons. The summed E-state index contributed by atoms with van der Waals surface area (Å²) in [5.74, 6) is -0.0824. The molecule has 5 rings (SSSR count). The van der Waals surface area contributed by atoms with Crippen LogP contribution in [-0.4, -0.2) is 39.9 Å². The third-order valence-corrected chi connectivity index (χ3v) is 7.93. The van der Waals surface area contributed by atoms with Gasteiger partial charge in [-0.05, 0) is 79.1 Å². The number of halogens is 1. The maximum absolute atomic E-state index is 13.3. The molecule has 1 aliphatic heterocycles. The number of hydrogen-bond acceptors (Lipinski definition) is 4. The number of hydrogen-bond donors (Lipinski definition) is 1. The van der Waals surface area contributed by atoms with Crippen LogP contribution >= 0.6 is 11.6 Å². The van der Waals surface area contributed by atoms with Gasteiger partial charge in [-0.2, -0.15) is 5.10 Å². The molecule has 1 aromatic heterocycles. The fraction of sp³-hybridized carbons (Fsp3) is 0.281. The largest absolute Gasteiger partial charge is 0.493 e. The van der Waals surface area contributed by atoms with Crippen molar-refractivity contribution in [3.05, 3.63) is 99.8 Å². The Morgan fingerprint density at radius 1 is 1.07 bits per heavy atom. The summed E-state index contributed by atoms with van der Waals surface area (Å²) in [5.41, 5.74) is 7.16.